The SMILES string of the molecule is Cc1ccc(C(C)NC(C)C(=O)N2CCCCCC2)s1. The Balaban J connectivity index is 1.89. The number of carbonyl (C=O) groups excluding carboxylic acids is 1. The topological polar surface area (TPSA) is 32.3 Å². The lowest BCUT2D eigenvalue weighted by atomic mass is 10.2. The number of nitrogens with zero attached hydrogens (tertiary/aromatic N) is 1. The standard InChI is InChI=1S/C16H26N2OS/c1-12-8-9-15(20-12)13(2)17-14(3)16(19)18-10-6-4-5-7-11-18/h8-9,13-14,17H,4-7,10-11H2,1-3H3. The summed E-state index contributed by atoms with van der Waals surface area (Å²) in [4.78, 5) is 17.2. The Hall–Kier alpha value is -0.870. The molecule has 2 atom stereocenters. The molecule has 1 aromatic heterocycles. The first kappa shape index (κ1) is 15.5. The van der Waals surface area contributed by atoms with Crippen LogP contribution in [0.5, 0.6) is 0 Å². The summed E-state index contributed by atoms with van der Waals surface area (Å²) >= 11 is 1.80. The van der Waals surface area contributed by atoms with Gasteiger partial charge in [0, 0.05) is 28.9 Å². The van der Waals surface area contributed by atoms with E-state index >= 15 is 0 Å². The summed E-state index contributed by atoms with van der Waals surface area (Å²) in [5.41, 5.74) is 0. The smallest absolute Gasteiger partial charge is 0.239 e. The maximum Gasteiger partial charge on any atom is 0.239 e. The first-order valence-electron chi connectivity index (χ1n) is 7.69. The van der Waals surface area contributed by atoms with Crippen molar-refractivity contribution in [1.29, 1.82) is 0 Å². The van der Waals surface area contributed by atoms with Crippen molar-refractivity contribution < 1.29 is 4.79 Å². The predicted molar refractivity (Wildman–Crippen MR) is 85.1 cm³/mol. The maximum absolute atomic E-state index is 12.5. The van der Waals surface area contributed by atoms with Gasteiger partial charge in [0.1, 0.15) is 0 Å². The molecular formula is C16H26N2OS. The van der Waals surface area contributed by atoms with Gasteiger partial charge in [-0.3, -0.25) is 10.1 Å². The minimum Gasteiger partial charge on any atom is -0.341 e. The highest BCUT2D eigenvalue weighted by Gasteiger charge is 2.23. The van der Waals surface area contributed by atoms with Gasteiger partial charge in [-0.25, -0.2) is 0 Å². The lowest BCUT2D eigenvalue weighted by molar-refractivity contribution is -0.133. The molecule has 2 rings (SSSR count). The first-order valence-corrected chi connectivity index (χ1v) is 8.51. The Kier molecular flexibility index (Phi) is 5.61. The number of amides is 1. The number of thiophene rings is 1. The van der Waals surface area contributed by atoms with Crippen LogP contribution in [0.4, 0.5) is 0 Å². The molecule has 2 unspecified atom stereocenters. The molecule has 3 nitrogen and oxygen atoms in total. The maximum atomic E-state index is 12.5. The number of hydrogen-bond acceptors (Lipinski definition) is 3. The Labute approximate surface area is 126 Å². The van der Waals surface area contributed by atoms with Crippen LogP contribution in [0.1, 0.15) is 55.3 Å². The van der Waals surface area contributed by atoms with E-state index in [2.05, 4.69) is 31.3 Å². The van der Waals surface area contributed by atoms with Gasteiger partial charge in [-0.2, -0.15) is 0 Å². The molecule has 2 heterocycles. The van der Waals surface area contributed by atoms with Crippen LogP contribution in [0.3, 0.4) is 0 Å². The monoisotopic (exact) mass is 294 g/mol. The average molecular weight is 294 g/mol. The molecule has 0 bridgehead atoms. The molecule has 4 heteroatoms. The van der Waals surface area contributed by atoms with E-state index in [1.54, 1.807) is 11.3 Å². The van der Waals surface area contributed by atoms with E-state index in [0.717, 1.165) is 25.9 Å². The third-order valence-electron chi connectivity index (χ3n) is 3.98. The van der Waals surface area contributed by atoms with Crippen LogP contribution in [-0.4, -0.2) is 29.9 Å². The van der Waals surface area contributed by atoms with Crippen LogP contribution in [0.25, 0.3) is 0 Å². The van der Waals surface area contributed by atoms with Gasteiger partial charge < -0.3 is 4.90 Å². The summed E-state index contributed by atoms with van der Waals surface area (Å²) in [5, 5.41) is 3.45. The molecule has 0 radical (unpaired) electrons. The molecule has 1 aromatic rings. The molecule has 1 aliphatic heterocycles. The van der Waals surface area contributed by atoms with Gasteiger partial charge in [-0.05, 0) is 45.7 Å². The van der Waals surface area contributed by atoms with E-state index in [1.165, 1.54) is 22.6 Å². The number of carbonyl (C=O) groups is 1. The fourth-order valence-corrected chi connectivity index (χ4v) is 3.67. The molecule has 0 saturated carbocycles. The minimum absolute atomic E-state index is 0.106. The Morgan fingerprint density at radius 2 is 1.85 bits per heavy atom. The molecule has 1 aliphatic rings. The van der Waals surface area contributed by atoms with Gasteiger partial charge in [-0.15, -0.1) is 11.3 Å². The normalized spacial score (nSPS) is 19.4. The molecule has 20 heavy (non-hydrogen) atoms. The van der Waals surface area contributed by atoms with Crippen molar-refractivity contribution in [1.82, 2.24) is 10.2 Å². The molecule has 1 N–H and O–H groups in total. The lowest BCUT2D eigenvalue weighted by Gasteiger charge is -2.26. The Bertz CT molecular complexity index is 435. The highest BCUT2D eigenvalue weighted by atomic mass is 32.1. The molecular weight excluding hydrogens is 268 g/mol. The number of likely N-dealkylation sites (tertiary alicyclic amines) is 1. The summed E-state index contributed by atoms with van der Waals surface area (Å²) in [6.45, 7) is 8.10. The summed E-state index contributed by atoms with van der Waals surface area (Å²) < 4.78 is 0. The largest absolute Gasteiger partial charge is 0.341 e. The number of rotatable bonds is 4. The second-order valence-corrected chi connectivity index (χ2v) is 7.12. The highest BCUT2D eigenvalue weighted by molar-refractivity contribution is 7.12. The van der Waals surface area contributed by atoms with Gasteiger partial charge in [0.25, 0.3) is 0 Å². The second-order valence-electron chi connectivity index (χ2n) is 5.80. The third-order valence-corrected chi connectivity index (χ3v) is 5.16. The molecule has 1 amide bonds. The zero-order valence-electron chi connectivity index (χ0n) is 12.8. The Morgan fingerprint density at radius 3 is 2.40 bits per heavy atom. The molecule has 0 aliphatic carbocycles. The minimum atomic E-state index is -0.106. The quantitative estimate of drug-likeness (QED) is 0.922. The molecule has 1 saturated heterocycles. The number of aryl methyl sites for hydroxylation is 1. The van der Waals surface area contributed by atoms with Gasteiger partial charge in [0.15, 0.2) is 0 Å². The Morgan fingerprint density at radius 1 is 1.20 bits per heavy atom. The zero-order chi connectivity index (χ0) is 14.5. The fraction of sp³-hybridized carbons (Fsp3) is 0.688. The van der Waals surface area contributed by atoms with E-state index in [0.29, 0.717) is 0 Å². The van der Waals surface area contributed by atoms with Crippen molar-refractivity contribution in [2.75, 3.05) is 13.1 Å². The average Bonchev–Trinajstić information content (AvgIpc) is 2.70. The summed E-state index contributed by atoms with van der Waals surface area (Å²) in [6.07, 6.45) is 4.82. The van der Waals surface area contributed by atoms with E-state index < -0.39 is 0 Å². The van der Waals surface area contributed by atoms with E-state index in [-0.39, 0.29) is 18.0 Å². The van der Waals surface area contributed by atoms with Crippen molar-refractivity contribution in [2.24, 2.45) is 0 Å². The summed E-state index contributed by atoms with van der Waals surface area (Å²) in [5.74, 6) is 0.257. The van der Waals surface area contributed by atoms with Crippen molar-refractivity contribution in [3.8, 4) is 0 Å². The van der Waals surface area contributed by atoms with Gasteiger partial charge in [0.05, 0.1) is 6.04 Å². The number of nitrogens with one attached hydrogen (secondary N) is 1. The van der Waals surface area contributed by atoms with Gasteiger partial charge in [-0.1, -0.05) is 12.8 Å². The van der Waals surface area contributed by atoms with Crippen LogP contribution in [0, 0.1) is 6.92 Å². The highest BCUT2D eigenvalue weighted by Crippen LogP contribution is 2.23. The predicted octanol–water partition coefficient (Wildman–Crippen LogP) is 3.50. The fourth-order valence-electron chi connectivity index (χ4n) is 2.78. The van der Waals surface area contributed by atoms with Crippen molar-refractivity contribution >= 4 is 17.2 Å². The van der Waals surface area contributed by atoms with E-state index in [4.69, 9.17) is 0 Å². The first-order chi connectivity index (χ1) is 9.58. The van der Waals surface area contributed by atoms with Crippen LogP contribution in [0.2, 0.25) is 0 Å². The molecule has 112 valence electrons. The van der Waals surface area contributed by atoms with Crippen LogP contribution < -0.4 is 5.32 Å². The molecule has 0 spiro atoms. The molecule has 0 aromatic carbocycles. The molecule has 1 fully saturated rings. The third kappa shape index (κ3) is 4.06. The van der Waals surface area contributed by atoms with E-state index in [9.17, 15) is 4.79 Å². The number of hydrogen-bond donors (Lipinski definition) is 1. The zero-order valence-corrected chi connectivity index (χ0v) is 13.6. The van der Waals surface area contributed by atoms with Gasteiger partial charge in [0.2, 0.25) is 5.91 Å². The van der Waals surface area contributed by atoms with Gasteiger partial charge >= 0.3 is 0 Å². The van der Waals surface area contributed by atoms with Crippen molar-refractivity contribution in [2.45, 2.75) is 58.5 Å². The lowest BCUT2D eigenvalue weighted by Crippen LogP contribution is -2.45. The summed E-state index contributed by atoms with van der Waals surface area (Å²) in [7, 11) is 0. The summed E-state index contributed by atoms with van der Waals surface area (Å²) in [6, 6.07) is 4.42. The van der Waals surface area contributed by atoms with Crippen molar-refractivity contribution in [3.05, 3.63) is 21.9 Å². The van der Waals surface area contributed by atoms with Crippen LogP contribution in [0.15, 0.2) is 12.1 Å². The van der Waals surface area contributed by atoms with Crippen LogP contribution >= 0.6 is 11.3 Å². The van der Waals surface area contributed by atoms with E-state index in [1.807, 2.05) is 11.8 Å². The van der Waals surface area contributed by atoms with Crippen LogP contribution in [-0.2, 0) is 4.79 Å². The second kappa shape index (κ2) is 7.23. The van der Waals surface area contributed by atoms with Crippen molar-refractivity contribution in [3.63, 3.8) is 0 Å².